The number of carbonyl (C=O) groups excluding carboxylic acids is 1. The summed E-state index contributed by atoms with van der Waals surface area (Å²) >= 11 is 6.04. The number of hydrogen-bond donors (Lipinski definition) is 0. The van der Waals surface area contributed by atoms with Crippen LogP contribution in [0.25, 0.3) is 0 Å². The van der Waals surface area contributed by atoms with E-state index in [0.717, 1.165) is 49.1 Å². The lowest BCUT2D eigenvalue weighted by Crippen LogP contribution is -2.49. The van der Waals surface area contributed by atoms with E-state index in [9.17, 15) is 4.79 Å². The Morgan fingerprint density at radius 1 is 1.08 bits per heavy atom. The van der Waals surface area contributed by atoms with Crippen LogP contribution in [-0.2, 0) is 11.3 Å². The van der Waals surface area contributed by atoms with Crippen LogP contribution in [-0.4, -0.2) is 48.5 Å². The first-order chi connectivity index (χ1) is 12.1. The summed E-state index contributed by atoms with van der Waals surface area (Å²) in [6.07, 6.45) is 0. The summed E-state index contributed by atoms with van der Waals surface area (Å²) in [5.41, 5.74) is 2.25. The van der Waals surface area contributed by atoms with Crippen LogP contribution < -0.4 is 4.74 Å². The van der Waals surface area contributed by atoms with Gasteiger partial charge in [0.05, 0.1) is 0 Å². The predicted molar refractivity (Wildman–Crippen MR) is 100.0 cm³/mol. The van der Waals surface area contributed by atoms with Crippen molar-refractivity contribution in [3.05, 3.63) is 64.7 Å². The molecule has 0 atom stereocenters. The summed E-state index contributed by atoms with van der Waals surface area (Å²) < 4.78 is 5.67. The van der Waals surface area contributed by atoms with Crippen molar-refractivity contribution in [3.8, 4) is 5.75 Å². The second kappa shape index (κ2) is 8.37. The van der Waals surface area contributed by atoms with Gasteiger partial charge in [0.1, 0.15) is 5.75 Å². The highest BCUT2D eigenvalue weighted by Gasteiger charge is 2.21. The summed E-state index contributed by atoms with van der Waals surface area (Å²) in [6, 6.07) is 15.7. The molecule has 0 radical (unpaired) electrons. The van der Waals surface area contributed by atoms with Crippen LogP contribution in [0, 0.1) is 6.92 Å². The van der Waals surface area contributed by atoms with Crippen molar-refractivity contribution in [2.75, 3.05) is 32.8 Å². The molecule has 1 fully saturated rings. The van der Waals surface area contributed by atoms with Gasteiger partial charge in [-0.15, -0.1) is 0 Å². The van der Waals surface area contributed by atoms with Crippen molar-refractivity contribution < 1.29 is 9.53 Å². The van der Waals surface area contributed by atoms with Gasteiger partial charge in [0.2, 0.25) is 0 Å². The Balaban J connectivity index is 1.45. The second-order valence-electron chi connectivity index (χ2n) is 6.34. The second-order valence-corrected chi connectivity index (χ2v) is 6.78. The molecular weight excluding hydrogens is 336 g/mol. The van der Waals surface area contributed by atoms with Crippen LogP contribution in [0.1, 0.15) is 11.1 Å². The van der Waals surface area contributed by atoms with E-state index in [1.807, 2.05) is 54.3 Å². The van der Waals surface area contributed by atoms with Gasteiger partial charge in [0.25, 0.3) is 5.91 Å². The van der Waals surface area contributed by atoms with E-state index in [4.69, 9.17) is 16.3 Å². The molecule has 25 heavy (non-hydrogen) atoms. The number of nitrogens with zero attached hydrogens (tertiary/aromatic N) is 2. The fourth-order valence-electron chi connectivity index (χ4n) is 3.00. The Bertz CT molecular complexity index is 727. The molecule has 1 heterocycles. The Morgan fingerprint density at radius 3 is 2.56 bits per heavy atom. The van der Waals surface area contributed by atoms with Crippen molar-refractivity contribution in [3.63, 3.8) is 0 Å². The van der Waals surface area contributed by atoms with Gasteiger partial charge in [-0.1, -0.05) is 41.9 Å². The minimum Gasteiger partial charge on any atom is -0.484 e. The Hall–Kier alpha value is -2.04. The van der Waals surface area contributed by atoms with Crippen molar-refractivity contribution >= 4 is 17.5 Å². The summed E-state index contributed by atoms with van der Waals surface area (Å²) in [5.74, 6) is 0.820. The van der Waals surface area contributed by atoms with Crippen LogP contribution in [0.4, 0.5) is 0 Å². The maximum Gasteiger partial charge on any atom is 0.260 e. The zero-order chi connectivity index (χ0) is 17.6. The van der Waals surface area contributed by atoms with Crippen molar-refractivity contribution in [1.82, 2.24) is 9.80 Å². The lowest BCUT2D eigenvalue weighted by Gasteiger charge is -2.34. The average molecular weight is 359 g/mol. The molecule has 0 bridgehead atoms. The summed E-state index contributed by atoms with van der Waals surface area (Å²) in [4.78, 5) is 16.6. The molecule has 0 spiro atoms. The van der Waals surface area contributed by atoms with Crippen LogP contribution in [0.2, 0.25) is 5.02 Å². The molecule has 0 unspecified atom stereocenters. The first-order valence-electron chi connectivity index (χ1n) is 8.55. The zero-order valence-electron chi connectivity index (χ0n) is 14.5. The molecule has 1 saturated heterocycles. The number of rotatable bonds is 5. The van der Waals surface area contributed by atoms with E-state index in [-0.39, 0.29) is 12.5 Å². The van der Waals surface area contributed by atoms with Crippen molar-refractivity contribution in [2.24, 2.45) is 0 Å². The smallest absolute Gasteiger partial charge is 0.260 e. The average Bonchev–Trinajstić information content (AvgIpc) is 2.61. The number of aryl methyl sites for hydroxylation is 1. The molecule has 0 aliphatic carbocycles. The summed E-state index contributed by atoms with van der Waals surface area (Å²) in [7, 11) is 0. The van der Waals surface area contributed by atoms with Crippen molar-refractivity contribution in [2.45, 2.75) is 13.5 Å². The van der Waals surface area contributed by atoms with Gasteiger partial charge in [0, 0.05) is 37.7 Å². The van der Waals surface area contributed by atoms with E-state index >= 15 is 0 Å². The van der Waals surface area contributed by atoms with Crippen molar-refractivity contribution in [1.29, 1.82) is 0 Å². The van der Waals surface area contributed by atoms with Gasteiger partial charge in [-0.2, -0.15) is 0 Å². The van der Waals surface area contributed by atoms with E-state index in [1.54, 1.807) is 0 Å². The summed E-state index contributed by atoms with van der Waals surface area (Å²) in [6.45, 7) is 6.13. The quantitative estimate of drug-likeness (QED) is 0.821. The lowest BCUT2D eigenvalue weighted by atomic mass is 10.2. The Kier molecular flexibility index (Phi) is 5.95. The molecule has 1 aliphatic heterocycles. The number of ether oxygens (including phenoxy) is 1. The number of halogens is 1. The molecule has 2 aromatic rings. The van der Waals surface area contributed by atoms with Gasteiger partial charge in [-0.05, 0) is 36.2 Å². The van der Waals surface area contributed by atoms with E-state index in [2.05, 4.69) is 11.0 Å². The minimum atomic E-state index is 0.0469. The fraction of sp³-hybridized carbons (Fsp3) is 0.350. The molecule has 0 saturated carbocycles. The molecule has 2 aromatic carbocycles. The molecule has 1 amide bonds. The maximum atomic E-state index is 12.4. The standard InChI is InChI=1S/C20H23ClN2O2/c1-16-5-2-3-8-19(16)25-15-20(24)23-11-9-22(10-12-23)14-17-6-4-7-18(21)13-17/h2-8,13H,9-12,14-15H2,1H3. The molecular formula is C20H23ClN2O2. The monoisotopic (exact) mass is 358 g/mol. The SMILES string of the molecule is Cc1ccccc1OCC(=O)N1CCN(Cc2cccc(Cl)c2)CC1. The number of carbonyl (C=O) groups is 1. The van der Waals surface area contributed by atoms with Crippen LogP contribution in [0.3, 0.4) is 0 Å². The Labute approximate surface area is 154 Å². The largest absolute Gasteiger partial charge is 0.484 e. The zero-order valence-corrected chi connectivity index (χ0v) is 15.2. The third kappa shape index (κ3) is 4.97. The fourth-order valence-corrected chi connectivity index (χ4v) is 3.21. The highest BCUT2D eigenvalue weighted by atomic mass is 35.5. The maximum absolute atomic E-state index is 12.4. The van der Waals surface area contributed by atoms with Crippen LogP contribution in [0.5, 0.6) is 5.75 Å². The van der Waals surface area contributed by atoms with Crippen LogP contribution >= 0.6 is 11.6 Å². The van der Waals surface area contributed by atoms with Gasteiger partial charge in [0.15, 0.2) is 6.61 Å². The first kappa shape index (κ1) is 17.8. The minimum absolute atomic E-state index is 0.0469. The molecule has 4 nitrogen and oxygen atoms in total. The predicted octanol–water partition coefficient (Wildman–Crippen LogP) is 3.37. The molecule has 0 aromatic heterocycles. The van der Waals surface area contributed by atoms with E-state index in [1.165, 1.54) is 5.56 Å². The van der Waals surface area contributed by atoms with Gasteiger partial charge in [-0.25, -0.2) is 0 Å². The highest BCUT2D eigenvalue weighted by Crippen LogP contribution is 2.17. The number of amides is 1. The molecule has 1 aliphatic rings. The van der Waals surface area contributed by atoms with E-state index < -0.39 is 0 Å². The molecule has 132 valence electrons. The third-order valence-corrected chi connectivity index (χ3v) is 4.70. The van der Waals surface area contributed by atoms with Crippen LogP contribution in [0.15, 0.2) is 48.5 Å². The first-order valence-corrected chi connectivity index (χ1v) is 8.92. The molecule has 0 N–H and O–H groups in total. The van der Waals surface area contributed by atoms with Gasteiger partial charge >= 0.3 is 0 Å². The highest BCUT2D eigenvalue weighted by molar-refractivity contribution is 6.30. The van der Waals surface area contributed by atoms with E-state index in [0.29, 0.717) is 0 Å². The normalized spacial score (nSPS) is 15.2. The number of hydrogen-bond acceptors (Lipinski definition) is 3. The molecule has 3 rings (SSSR count). The lowest BCUT2D eigenvalue weighted by molar-refractivity contribution is -0.135. The topological polar surface area (TPSA) is 32.8 Å². The van der Waals surface area contributed by atoms with Gasteiger partial charge < -0.3 is 9.64 Å². The molecule has 5 heteroatoms. The number of para-hydroxylation sites is 1. The summed E-state index contributed by atoms with van der Waals surface area (Å²) in [5, 5.41) is 0.764. The number of benzene rings is 2. The Morgan fingerprint density at radius 2 is 1.84 bits per heavy atom. The number of piperazine rings is 1. The third-order valence-electron chi connectivity index (χ3n) is 4.46. The van der Waals surface area contributed by atoms with Gasteiger partial charge in [-0.3, -0.25) is 9.69 Å².